The summed E-state index contributed by atoms with van der Waals surface area (Å²) in [7, 11) is 0. The number of aromatic nitrogens is 2. The molecular formula is C13H14N4O. The summed E-state index contributed by atoms with van der Waals surface area (Å²) in [6, 6.07) is 13.2. The number of rotatable bonds is 1. The summed E-state index contributed by atoms with van der Waals surface area (Å²) in [5, 5.41) is 0. The van der Waals surface area contributed by atoms with Crippen LogP contribution in [-0.2, 0) is 0 Å². The molecule has 0 aliphatic carbocycles. The van der Waals surface area contributed by atoms with E-state index in [9.17, 15) is 0 Å². The summed E-state index contributed by atoms with van der Waals surface area (Å²) in [5.74, 6) is 0.825. The van der Waals surface area contributed by atoms with Crippen molar-refractivity contribution >= 4 is 22.4 Å². The molecule has 92 valence electrons. The largest absolute Gasteiger partial charge is 0.412 e. The van der Waals surface area contributed by atoms with Gasteiger partial charge >= 0.3 is 0 Å². The van der Waals surface area contributed by atoms with Gasteiger partial charge in [0.1, 0.15) is 5.82 Å². The zero-order valence-electron chi connectivity index (χ0n) is 9.64. The molecule has 0 bridgehead atoms. The van der Waals surface area contributed by atoms with Crippen molar-refractivity contribution in [1.82, 2.24) is 9.97 Å². The third-order valence-electron chi connectivity index (χ3n) is 2.69. The number of nitrogens with one attached hydrogen (secondary N) is 1. The Labute approximate surface area is 104 Å². The SMILES string of the molecule is Nc1ccc(-c2nc3ccc(N)cc3[nH]2)cc1.O. The van der Waals surface area contributed by atoms with Gasteiger partial charge in [0, 0.05) is 16.9 Å². The first-order valence-electron chi connectivity index (χ1n) is 5.33. The average molecular weight is 242 g/mol. The van der Waals surface area contributed by atoms with E-state index in [-0.39, 0.29) is 5.48 Å². The van der Waals surface area contributed by atoms with Gasteiger partial charge in [0.05, 0.1) is 11.0 Å². The lowest BCUT2D eigenvalue weighted by molar-refractivity contribution is 0.824. The quantitative estimate of drug-likeness (QED) is 0.563. The van der Waals surface area contributed by atoms with Crippen molar-refractivity contribution in [2.75, 3.05) is 11.5 Å². The van der Waals surface area contributed by atoms with Crippen molar-refractivity contribution in [2.24, 2.45) is 0 Å². The molecule has 0 atom stereocenters. The molecule has 5 heteroatoms. The first-order valence-corrected chi connectivity index (χ1v) is 5.33. The lowest BCUT2D eigenvalue weighted by Gasteiger charge is -1.96. The third kappa shape index (κ3) is 1.99. The number of fused-ring (bicyclic) bond motifs is 1. The molecule has 7 N–H and O–H groups in total. The Balaban J connectivity index is 0.00000120. The molecule has 0 spiro atoms. The average Bonchev–Trinajstić information content (AvgIpc) is 2.72. The number of H-pyrrole nitrogens is 1. The molecule has 18 heavy (non-hydrogen) atoms. The zero-order chi connectivity index (χ0) is 11.8. The van der Waals surface area contributed by atoms with E-state index >= 15 is 0 Å². The van der Waals surface area contributed by atoms with Crippen LogP contribution in [0.25, 0.3) is 22.4 Å². The summed E-state index contributed by atoms with van der Waals surface area (Å²) in [4.78, 5) is 7.74. The molecule has 5 nitrogen and oxygen atoms in total. The van der Waals surface area contributed by atoms with Crippen molar-refractivity contribution in [3.8, 4) is 11.4 Å². The Hall–Kier alpha value is -2.53. The molecule has 0 aliphatic rings. The van der Waals surface area contributed by atoms with Crippen LogP contribution in [0.2, 0.25) is 0 Å². The minimum atomic E-state index is 0. The molecule has 3 rings (SSSR count). The summed E-state index contributed by atoms with van der Waals surface area (Å²) in [6.45, 7) is 0. The lowest BCUT2D eigenvalue weighted by Crippen LogP contribution is -1.84. The van der Waals surface area contributed by atoms with Gasteiger partial charge in [-0.1, -0.05) is 0 Å². The number of nitrogens with zero attached hydrogens (tertiary/aromatic N) is 1. The van der Waals surface area contributed by atoms with Crippen LogP contribution in [0.1, 0.15) is 0 Å². The van der Waals surface area contributed by atoms with Gasteiger partial charge in [-0.25, -0.2) is 4.98 Å². The normalized spacial score (nSPS) is 10.2. The van der Waals surface area contributed by atoms with E-state index in [2.05, 4.69) is 9.97 Å². The highest BCUT2D eigenvalue weighted by molar-refractivity contribution is 5.82. The molecule has 1 aromatic heterocycles. The van der Waals surface area contributed by atoms with Crippen molar-refractivity contribution in [3.63, 3.8) is 0 Å². The monoisotopic (exact) mass is 242 g/mol. The standard InChI is InChI=1S/C13H12N4.H2O/c14-9-3-1-8(2-4-9)13-16-11-6-5-10(15)7-12(11)17-13;/h1-7H,14-15H2,(H,16,17);1H2. The van der Waals surface area contributed by atoms with E-state index in [0.29, 0.717) is 0 Å². The lowest BCUT2D eigenvalue weighted by atomic mass is 10.2. The predicted octanol–water partition coefficient (Wildman–Crippen LogP) is 1.57. The number of nitrogens with two attached hydrogens (primary N) is 2. The number of hydrogen-bond acceptors (Lipinski definition) is 3. The Morgan fingerprint density at radius 1 is 0.889 bits per heavy atom. The van der Waals surface area contributed by atoms with E-state index in [0.717, 1.165) is 33.8 Å². The predicted molar refractivity (Wildman–Crippen MR) is 74.0 cm³/mol. The maximum Gasteiger partial charge on any atom is 0.138 e. The van der Waals surface area contributed by atoms with Crippen molar-refractivity contribution in [2.45, 2.75) is 0 Å². The van der Waals surface area contributed by atoms with Crippen LogP contribution in [-0.4, -0.2) is 15.4 Å². The van der Waals surface area contributed by atoms with Gasteiger partial charge in [-0.3, -0.25) is 0 Å². The first kappa shape index (κ1) is 11.9. The van der Waals surface area contributed by atoms with Crippen LogP contribution >= 0.6 is 0 Å². The second-order valence-electron chi connectivity index (χ2n) is 3.98. The van der Waals surface area contributed by atoms with Gasteiger partial charge in [-0.15, -0.1) is 0 Å². The van der Waals surface area contributed by atoms with E-state index < -0.39 is 0 Å². The molecule has 0 fully saturated rings. The van der Waals surface area contributed by atoms with Crippen LogP contribution in [0, 0.1) is 0 Å². The van der Waals surface area contributed by atoms with Crippen LogP contribution in [0.5, 0.6) is 0 Å². The van der Waals surface area contributed by atoms with Crippen LogP contribution in [0.4, 0.5) is 11.4 Å². The fourth-order valence-electron chi connectivity index (χ4n) is 1.80. The number of nitrogen functional groups attached to an aromatic ring is 2. The molecular weight excluding hydrogens is 228 g/mol. The van der Waals surface area contributed by atoms with Gasteiger partial charge in [-0.05, 0) is 42.5 Å². The van der Waals surface area contributed by atoms with Crippen molar-refractivity contribution < 1.29 is 5.48 Å². The van der Waals surface area contributed by atoms with Gasteiger partial charge in [0.2, 0.25) is 0 Å². The Kier molecular flexibility index (Phi) is 2.91. The van der Waals surface area contributed by atoms with Gasteiger partial charge in [-0.2, -0.15) is 0 Å². The smallest absolute Gasteiger partial charge is 0.138 e. The zero-order valence-corrected chi connectivity index (χ0v) is 9.64. The fourth-order valence-corrected chi connectivity index (χ4v) is 1.80. The second-order valence-corrected chi connectivity index (χ2v) is 3.98. The van der Waals surface area contributed by atoms with Crippen molar-refractivity contribution in [1.29, 1.82) is 0 Å². The summed E-state index contributed by atoms with van der Waals surface area (Å²) >= 11 is 0. The summed E-state index contributed by atoms with van der Waals surface area (Å²) in [5.41, 5.74) is 15.7. The number of anilines is 2. The first-order chi connectivity index (χ1) is 8.22. The highest BCUT2D eigenvalue weighted by Gasteiger charge is 2.04. The second kappa shape index (κ2) is 4.38. The van der Waals surface area contributed by atoms with Gasteiger partial charge in [0.25, 0.3) is 0 Å². The molecule has 0 saturated carbocycles. The van der Waals surface area contributed by atoms with E-state index in [1.807, 2.05) is 42.5 Å². The van der Waals surface area contributed by atoms with Crippen LogP contribution in [0.3, 0.4) is 0 Å². The number of hydrogen-bond donors (Lipinski definition) is 3. The number of imidazole rings is 1. The fraction of sp³-hybridized carbons (Fsp3) is 0. The molecule has 0 unspecified atom stereocenters. The molecule has 3 aromatic rings. The van der Waals surface area contributed by atoms with Crippen LogP contribution < -0.4 is 11.5 Å². The molecule has 0 saturated heterocycles. The minimum Gasteiger partial charge on any atom is -0.412 e. The molecule has 0 radical (unpaired) electrons. The third-order valence-corrected chi connectivity index (χ3v) is 2.69. The maximum atomic E-state index is 5.73. The van der Waals surface area contributed by atoms with E-state index in [1.54, 1.807) is 0 Å². The minimum absolute atomic E-state index is 0. The van der Waals surface area contributed by atoms with Crippen molar-refractivity contribution in [3.05, 3.63) is 42.5 Å². The molecule has 2 aromatic carbocycles. The highest BCUT2D eigenvalue weighted by atomic mass is 16.0. The maximum absolute atomic E-state index is 5.73. The number of aromatic amines is 1. The van der Waals surface area contributed by atoms with E-state index in [1.165, 1.54) is 0 Å². The Morgan fingerprint density at radius 2 is 1.56 bits per heavy atom. The summed E-state index contributed by atoms with van der Waals surface area (Å²) in [6.07, 6.45) is 0. The topological polar surface area (TPSA) is 112 Å². The summed E-state index contributed by atoms with van der Waals surface area (Å²) < 4.78 is 0. The Morgan fingerprint density at radius 3 is 2.28 bits per heavy atom. The highest BCUT2D eigenvalue weighted by Crippen LogP contribution is 2.22. The number of benzene rings is 2. The van der Waals surface area contributed by atoms with Crippen LogP contribution in [0.15, 0.2) is 42.5 Å². The molecule has 0 amide bonds. The van der Waals surface area contributed by atoms with Gasteiger partial charge < -0.3 is 21.9 Å². The van der Waals surface area contributed by atoms with E-state index in [4.69, 9.17) is 11.5 Å². The Bertz CT molecular complexity index is 673. The van der Waals surface area contributed by atoms with Gasteiger partial charge in [0.15, 0.2) is 0 Å². The molecule has 0 aliphatic heterocycles. The molecule has 1 heterocycles.